The molecule has 8 heteroatoms. The van der Waals surface area contributed by atoms with Gasteiger partial charge in [-0.25, -0.2) is 0 Å². The second-order valence-corrected chi connectivity index (χ2v) is 7.88. The lowest BCUT2D eigenvalue weighted by molar-refractivity contribution is -0.120. The van der Waals surface area contributed by atoms with Crippen molar-refractivity contribution >= 4 is 33.6 Å². The lowest BCUT2D eigenvalue weighted by atomic mass is 10.2. The molecule has 1 unspecified atom stereocenters. The number of carbonyl (C=O) groups is 1. The number of aromatic nitrogens is 4. The Morgan fingerprint density at radius 2 is 2.11 bits per heavy atom. The number of halogens is 1. The highest BCUT2D eigenvalue weighted by atomic mass is 79.9. The summed E-state index contributed by atoms with van der Waals surface area (Å²) < 4.78 is 2.92. The van der Waals surface area contributed by atoms with E-state index in [-0.39, 0.29) is 11.2 Å². The van der Waals surface area contributed by atoms with Gasteiger partial charge in [0.15, 0.2) is 11.0 Å². The Morgan fingerprint density at radius 1 is 1.33 bits per heavy atom. The predicted octanol–water partition coefficient (Wildman–Crippen LogP) is 3.87. The van der Waals surface area contributed by atoms with Crippen LogP contribution < -0.4 is 5.32 Å². The fourth-order valence-corrected chi connectivity index (χ4v) is 3.54. The molecule has 2 heterocycles. The Bertz CT molecular complexity index is 927. The molecule has 0 bridgehead atoms. The molecular weight excluding hydrogens is 426 g/mol. The number of thioether (sulfide) groups is 1. The minimum atomic E-state index is -0.329. The van der Waals surface area contributed by atoms with Crippen LogP contribution >= 0.6 is 27.7 Å². The molecule has 0 aliphatic carbocycles. The van der Waals surface area contributed by atoms with Crippen LogP contribution in [0.2, 0.25) is 0 Å². The van der Waals surface area contributed by atoms with Gasteiger partial charge in [0.2, 0.25) is 5.91 Å². The van der Waals surface area contributed by atoms with Crippen LogP contribution in [0.5, 0.6) is 0 Å². The average molecular weight is 444 g/mol. The SMILES string of the molecule is C=CCNC(=O)C(C)Sc1nnc(-c2cccnc2)n1-c1ccc(Br)cc1. The summed E-state index contributed by atoms with van der Waals surface area (Å²) in [5.74, 6) is 0.597. The maximum atomic E-state index is 12.2. The van der Waals surface area contributed by atoms with Gasteiger partial charge in [-0.05, 0) is 43.3 Å². The number of pyridine rings is 1. The molecule has 0 spiro atoms. The fourth-order valence-electron chi connectivity index (χ4n) is 2.38. The van der Waals surface area contributed by atoms with Gasteiger partial charge in [0, 0.05) is 34.7 Å². The van der Waals surface area contributed by atoms with Gasteiger partial charge in [0.25, 0.3) is 0 Å². The molecule has 27 heavy (non-hydrogen) atoms. The van der Waals surface area contributed by atoms with E-state index in [1.54, 1.807) is 18.5 Å². The van der Waals surface area contributed by atoms with Gasteiger partial charge in [-0.15, -0.1) is 16.8 Å². The van der Waals surface area contributed by atoms with E-state index in [9.17, 15) is 4.79 Å². The molecule has 138 valence electrons. The minimum Gasteiger partial charge on any atom is -0.352 e. The highest BCUT2D eigenvalue weighted by Crippen LogP contribution is 2.30. The summed E-state index contributed by atoms with van der Waals surface area (Å²) >= 11 is 4.81. The molecule has 1 N–H and O–H groups in total. The highest BCUT2D eigenvalue weighted by molar-refractivity contribution is 9.10. The molecule has 0 saturated carbocycles. The second-order valence-electron chi connectivity index (χ2n) is 5.65. The first-order valence-corrected chi connectivity index (χ1v) is 9.94. The van der Waals surface area contributed by atoms with Gasteiger partial charge in [0.05, 0.1) is 5.25 Å². The number of hydrogen-bond acceptors (Lipinski definition) is 5. The zero-order valence-corrected chi connectivity index (χ0v) is 17.1. The van der Waals surface area contributed by atoms with Crippen molar-refractivity contribution < 1.29 is 4.79 Å². The Labute approximate surface area is 170 Å². The standard InChI is InChI=1S/C19H18BrN5OS/c1-3-10-22-18(26)13(2)27-19-24-23-17(14-5-4-11-21-12-14)25(19)16-8-6-15(20)7-9-16/h3-9,11-13H,1,10H2,2H3,(H,22,26). The molecule has 0 fully saturated rings. The van der Waals surface area contributed by atoms with Crippen molar-refractivity contribution in [1.82, 2.24) is 25.1 Å². The van der Waals surface area contributed by atoms with Gasteiger partial charge >= 0.3 is 0 Å². The van der Waals surface area contributed by atoms with E-state index in [2.05, 4.69) is 43.0 Å². The van der Waals surface area contributed by atoms with E-state index in [0.717, 1.165) is 15.7 Å². The van der Waals surface area contributed by atoms with Gasteiger partial charge < -0.3 is 5.32 Å². The van der Waals surface area contributed by atoms with Crippen LogP contribution in [0.4, 0.5) is 0 Å². The van der Waals surface area contributed by atoms with Crippen LogP contribution in [0.3, 0.4) is 0 Å². The van der Waals surface area contributed by atoms with Gasteiger partial charge in [-0.2, -0.15) is 0 Å². The molecule has 3 aromatic rings. The fraction of sp³-hybridized carbons (Fsp3) is 0.158. The van der Waals surface area contributed by atoms with Crippen molar-refractivity contribution in [3.8, 4) is 17.1 Å². The van der Waals surface area contributed by atoms with E-state index < -0.39 is 0 Å². The lowest BCUT2D eigenvalue weighted by Gasteiger charge is -2.13. The minimum absolute atomic E-state index is 0.0758. The number of benzene rings is 1. The molecule has 0 saturated heterocycles. The van der Waals surface area contributed by atoms with Crippen LogP contribution in [0.15, 0.2) is 71.1 Å². The van der Waals surface area contributed by atoms with Crippen molar-refractivity contribution in [2.75, 3.05) is 6.54 Å². The number of carbonyl (C=O) groups excluding carboxylic acids is 1. The molecule has 2 aromatic heterocycles. The molecule has 1 amide bonds. The van der Waals surface area contributed by atoms with Gasteiger partial charge in [-0.1, -0.05) is 33.8 Å². The van der Waals surface area contributed by atoms with Crippen molar-refractivity contribution in [3.63, 3.8) is 0 Å². The van der Waals surface area contributed by atoms with E-state index in [0.29, 0.717) is 17.5 Å². The molecule has 6 nitrogen and oxygen atoms in total. The third-order valence-corrected chi connectivity index (χ3v) is 5.28. The monoisotopic (exact) mass is 443 g/mol. The maximum Gasteiger partial charge on any atom is 0.233 e. The van der Waals surface area contributed by atoms with E-state index in [1.165, 1.54) is 11.8 Å². The van der Waals surface area contributed by atoms with E-state index in [4.69, 9.17) is 0 Å². The number of hydrogen-bond donors (Lipinski definition) is 1. The average Bonchev–Trinajstić information content (AvgIpc) is 3.10. The summed E-state index contributed by atoms with van der Waals surface area (Å²) in [6.45, 7) is 5.89. The van der Waals surface area contributed by atoms with Crippen molar-refractivity contribution in [3.05, 3.63) is 65.9 Å². The number of nitrogens with one attached hydrogen (secondary N) is 1. The zero-order valence-electron chi connectivity index (χ0n) is 14.7. The Hall–Kier alpha value is -2.45. The van der Waals surface area contributed by atoms with E-state index >= 15 is 0 Å². The first-order chi connectivity index (χ1) is 13.1. The summed E-state index contributed by atoms with van der Waals surface area (Å²) in [7, 11) is 0. The summed E-state index contributed by atoms with van der Waals surface area (Å²) in [5, 5.41) is 11.8. The number of amides is 1. The molecule has 3 rings (SSSR count). The maximum absolute atomic E-state index is 12.2. The molecule has 1 aromatic carbocycles. The Kier molecular flexibility index (Phi) is 6.41. The normalized spacial score (nSPS) is 11.8. The number of rotatable bonds is 7. The van der Waals surface area contributed by atoms with Crippen LogP contribution in [-0.2, 0) is 4.79 Å². The van der Waals surface area contributed by atoms with Crippen molar-refractivity contribution in [2.24, 2.45) is 0 Å². The molecule has 1 atom stereocenters. The first-order valence-electron chi connectivity index (χ1n) is 8.27. The molecule has 0 radical (unpaired) electrons. The zero-order chi connectivity index (χ0) is 19.2. The lowest BCUT2D eigenvalue weighted by Crippen LogP contribution is -2.31. The largest absolute Gasteiger partial charge is 0.352 e. The summed E-state index contributed by atoms with van der Waals surface area (Å²) in [4.78, 5) is 16.4. The highest BCUT2D eigenvalue weighted by Gasteiger charge is 2.21. The second kappa shape index (κ2) is 8.96. The summed E-state index contributed by atoms with van der Waals surface area (Å²) in [5.41, 5.74) is 1.76. The van der Waals surface area contributed by atoms with Gasteiger partial charge in [0.1, 0.15) is 0 Å². The first kappa shape index (κ1) is 19.3. The third kappa shape index (κ3) is 4.64. The van der Waals surface area contributed by atoms with Crippen molar-refractivity contribution in [2.45, 2.75) is 17.3 Å². The molecule has 0 aliphatic heterocycles. The number of nitrogens with zero attached hydrogens (tertiary/aromatic N) is 4. The predicted molar refractivity (Wildman–Crippen MR) is 111 cm³/mol. The Balaban J connectivity index is 1.99. The molecule has 0 aliphatic rings. The summed E-state index contributed by atoms with van der Waals surface area (Å²) in [6.07, 6.45) is 5.11. The van der Waals surface area contributed by atoms with E-state index in [1.807, 2.05) is 47.9 Å². The quantitative estimate of drug-likeness (QED) is 0.443. The summed E-state index contributed by atoms with van der Waals surface area (Å²) in [6, 6.07) is 11.6. The van der Waals surface area contributed by atoms with Crippen LogP contribution in [-0.4, -0.2) is 37.5 Å². The molecular formula is C19H18BrN5OS. The van der Waals surface area contributed by atoms with Crippen LogP contribution in [0.1, 0.15) is 6.92 Å². The van der Waals surface area contributed by atoms with Crippen LogP contribution in [0, 0.1) is 0 Å². The van der Waals surface area contributed by atoms with Crippen molar-refractivity contribution in [1.29, 1.82) is 0 Å². The van der Waals surface area contributed by atoms with Crippen LogP contribution in [0.25, 0.3) is 17.1 Å². The third-order valence-electron chi connectivity index (χ3n) is 3.71. The Morgan fingerprint density at radius 3 is 2.78 bits per heavy atom. The topological polar surface area (TPSA) is 72.7 Å². The van der Waals surface area contributed by atoms with Gasteiger partial charge in [-0.3, -0.25) is 14.3 Å². The smallest absolute Gasteiger partial charge is 0.233 e.